The van der Waals surface area contributed by atoms with Gasteiger partial charge in [-0.05, 0) is 75.2 Å². The van der Waals surface area contributed by atoms with E-state index in [1.165, 1.54) is 12.1 Å². The number of carbonyl (C=O) groups is 1. The van der Waals surface area contributed by atoms with E-state index in [1.54, 1.807) is 48.7 Å². The van der Waals surface area contributed by atoms with E-state index in [-0.39, 0.29) is 4.90 Å². The standard InChI is InChI=1S/C29H29BrN4O3S/c1-20-10-8-11-21(2)29(20)34-22(3)16-24(23(34)4)18-31-32-28(35)19-33(26-13-9-12-25(30)17-26)38(36,37)27-14-6-5-7-15-27/h5-18H,19H2,1-4H3,(H,32,35)/b31-18-. The molecule has 0 atom stereocenters. The number of rotatable bonds is 8. The zero-order valence-corrected chi connectivity index (χ0v) is 24.0. The predicted octanol–water partition coefficient (Wildman–Crippen LogP) is 5.82. The fraction of sp³-hybridized carbons (Fsp3) is 0.172. The van der Waals surface area contributed by atoms with Gasteiger partial charge in [0, 0.05) is 21.4 Å². The normalized spacial score (nSPS) is 11.6. The van der Waals surface area contributed by atoms with Crippen LogP contribution in [0.15, 0.2) is 93.3 Å². The van der Waals surface area contributed by atoms with E-state index in [1.807, 2.05) is 26.0 Å². The number of nitrogens with one attached hydrogen (secondary N) is 1. The summed E-state index contributed by atoms with van der Waals surface area (Å²) in [5.74, 6) is -0.565. The highest BCUT2D eigenvalue weighted by molar-refractivity contribution is 9.10. The Morgan fingerprint density at radius 2 is 1.61 bits per heavy atom. The molecule has 3 aromatic carbocycles. The van der Waals surface area contributed by atoms with E-state index in [9.17, 15) is 13.2 Å². The van der Waals surface area contributed by atoms with Crippen LogP contribution in [0.4, 0.5) is 5.69 Å². The summed E-state index contributed by atoms with van der Waals surface area (Å²) in [4.78, 5) is 13.0. The van der Waals surface area contributed by atoms with Crippen LogP contribution in [-0.4, -0.2) is 31.7 Å². The Kier molecular flexibility index (Phi) is 8.18. The molecule has 0 saturated carbocycles. The molecule has 0 aliphatic carbocycles. The minimum atomic E-state index is -3.99. The molecule has 1 heterocycles. The van der Waals surface area contributed by atoms with Gasteiger partial charge >= 0.3 is 0 Å². The number of anilines is 1. The van der Waals surface area contributed by atoms with Crippen molar-refractivity contribution in [3.8, 4) is 5.69 Å². The second kappa shape index (κ2) is 11.4. The first-order valence-electron chi connectivity index (χ1n) is 12.0. The second-order valence-electron chi connectivity index (χ2n) is 9.00. The van der Waals surface area contributed by atoms with Gasteiger partial charge in [-0.15, -0.1) is 0 Å². The van der Waals surface area contributed by atoms with E-state index in [2.05, 4.69) is 57.0 Å². The molecule has 0 aliphatic heterocycles. The Labute approximate surface area is 232 Å². The van der Waals surface area contributed by atoms with Gasteiger partial charge in [0.15, 0.2) is 0 Å². The molecular weight excluding hydrogens is 564 g/mol. The molecule has 0 radical (unpaired) electrons. The van der Waals surface area contributed by atoms with Gasteiger partial charge in [0.2, 0.25) is 0 Å². The van der Waals surface area contributed by atoms with Crippen LogP contribution in [-0.2, 0) is 14.8 Å². The van der Waals surface area contributed by atoms with Crippen LogP contribution in [0.1, 0.15) is 28.1 Å². The van der Waals surface area contributed by atoms with Gasteiger partial charge in [-0.25, -0.2) is 13.8 Å². The lowest BCUT2D eigenvalue weighted by atomic mass is 10.1. The molecule has 0 saturated heterocycles. The zero-order chi connectivity index (χ0) is 27.4. The molecule has 0 bridgehead atoms. The van der Waals surface area contributed by atoms with Crippen LogP contribution in [0.25, 0.3) is 5.69 Å². The minimum Gasteiger partial charge on any atom is -0.317 e. The fourth-order valence-corrected chi connectivity index (χ4v) is 6.25. The number of hydrogen-bond donors (Lipinski definition) is 1. The topological polar surface area (TPSA) is 83.8 Å². The third kappa shape index (κ3) is 5.74. The number of benzene rings is 3. The third-order valence-electron chi connectivity index (χ3n) is 6.24. The van der Waals surface area contributed by atoms with Crippen molar-refractivity contribution in [3.05, 3.63) is 111 Å². The van der Waals surface area contributed by atoms with Crippen molar-refractivity contribution in [1.82, 2.24) is 9.99 Å². The third-order valence-corrected chi connectivity index (χ3v) is 8.52. The molecule has 0 aliphatic rings. The quantitative estimate of drug-likeness (QED) is 0.207. The van der Waals surface area contributed by atoms with Crippen molar-refractivity contribution in [2.24, 2.45) is 5.10 Å². The number of para-hydroxylation sites is 1. The van der Waals surface area contributed by atoms with Gasteiger partial charge in [0.1, 0.15) is 6.54 Å². The maximum atomic E-state index is 13.4. The molecule has 0 fully saturated rings. The van der Waals surface area contributed by atoms with Crippen LogP contribution in [0.2, 0.25) is 0 Å². The lowest BCUT2D eigenvalue weighted by Gasteiger charge is -2.23. The SMILES string of the molecule is Cc1cccc(C)c1-n1c(C)cc(/C=N\NC(=O)CN(c2cccc(Br)c2)S(=O)(=O)c2ccccc2)c1C. The molecule has 0 unspecified atom stereocenters. The van der Waals surface area contributed by atoms with E-state index in [0.29, 0.717) is 10.2 Å². The van der Waals surface area contributed by atoms with Gasteiger partial charge in [-0.3, -0.25) is 9.10 Å². The first kappa shape index (κ1) is 27.3. The Bertz CT molecular complexity index is 1590. The summed E-state index contributed by atoms with van der Waals surface area (Å²) < 4.78 is 30.8. The van der Waals surface area contributed by atoms with Gasteiger partial charge in [0.05, 0.1) is 22.5 Å². The number of halogens is 1. The van der Waals surface area contributed by atoms with Crippen LogP contribution in [0, 0.1) is 27.7 Å². The Morgan fingerprint density at radius 1 is 0.947 bits per heavy atom. The van der Waals surface area contributed by atoms with Crippen LogP contribution >= 0.6 is 15.9 Å². The summed E-state index contributed by atoms with van der Waals surface area (Å²) in [5, 5.41) is 4.15. The molecule has 4 aromatic rings. The number of nitrogens with zero attached hydrogens (tertiary/aromatic N) is 3. The molecule has 1 N–H and O–H groups in total. The summed E-state index contributed by atoms with van der Waals surface area (Å²) in [6.07, 6.45) is 1.58. The summed E-state index contributed by atoms with van der Waals surface area (Å²) in [5.41, 5.74) is 9.19. The molecule has 0 spiro atoms. The van der Waals surface area contributed by atoms with E-state index in [0.717, 1.165) is 38.1 Å². The van der Waals surface area contributed by atoms with Crippen molar-refractivity contribution in [2.45, 2.75) is 32.6 Å². The van der Waals surface area contributed by atoms with Crippen LogP contribution < -0.4 is 9.73 Å². The largest absolute Gasteiger partial charge is 0.317 e. The van der Waals surface area contributed by atoms with E-state index < -0.39 is 22.5 Å². The van der Waals surface area contributed by atoms with Crippen LogP contribution in [0.5, 0.6) is 0 Å². The number of aryl methyl sites for hydroxylation is 3. The molecule has 38 heavy (non-hydrogen) atoms. The Balaban J connectivity index is 1.57. The number of aromatic nitrogens is 1. The number of hydrazone groups is 1. The smallest absolute Gasteiger partial charge is 0.264 e. The highest BCUT2D eigenvalue weighted by atomic mass is 79.9. The average Bonchev–Trinajstić information content (AvgIpc) is 3.15. The maximum Gasteiger partial charge on any atom is 0.264 e. The van der Waals surface area contributed by atoms with Crippen molar-refractivity contribution >= 4 is 43.8 Å². The van der Waals surface area contributed by atoms with Crippen molar-refractivity contribution in [2.75, 3.05) is 10.8 Å². The van der Waals surface area contributed by atoms with Gasteiger partial charge in [0.25, 0.3) is 15.9 Å². The van der Waals surface area contributed by atoms with Crippen molar-refractivity contribution in [1.29, 1.82) is 0 Å². The molecule has 7 nitrogen and oxygen atoms in total. The number of hydrogen-bond acceptors (Lipinski definition) is 4. The minimum absolute atomic E-state index is 0.0928. The van der Waals surface area contributed by atoms with Gasteiger partial charge < -0.3 is 4.57 Å². The monoisotopic (exact) mass is 592 g/mol. The lowest BCUT2D eigenvalue weighted by molar-refractivity contribution is -0.119. The van der Waals surface area contributed by atoms with E-state index >= 15 is 0 Å². The van der Waals surface area contributed by atoms with Gasteiger partial charge in [-0.2, -0.15) is 5.10 Å². The summed E-state index contributed by atoms with van der Waals surface area (Å²) in [6.45, 7) is 7.75. The summed E-state index contributed by atoms with van der Waals surface area (Å²) in [7, 11) is -3.99. The maximum absolute atomic E-state index is 13.4. The number of sulfonamides is 1. The second-order valence-corrected chi connectivity index (χ2v) is 11.8. The Morgan fingerprint density at radius 3 is 2.26 bits per heavy atom. The summed E-state index contributed by atoms with van der Waals surface area (Å²) >= 11 is 3.38. The predicted molar refractivity (Wildman–Crippen MR) is 156 cm³/mol. The first-order valence-corrected chi connectivity index (χ1v) is 14.2. The van der Waals surface area contributed by atoms with Crippen molar-refractivity contribution in [3.63, 3.8) is 0 Å². The Hall–Kier alpha value is -3.69. The first-order chi connectivity index (χ1) is 18.1. The molecule has 196 valence electrons. The zero-order valence-electron chi connectivity index (χ0n) is 21.6. The molecular formula is C29H29BrN4O3S. The molecule has 9 heteroatoms. The molecule has 4 rings (SSSR count). The highest BCUT2D eigenvalue weighted by Gasteiger charge is 2.27. The fourth-order valence-electron chi connectivity index (χ4n) is 4.43. The van der Waals surface area contributed by atoms with Crippen LogP contribution in [0.3, 0.4) is 0 Å². The lowest BCUT2D eigenvalue weighted by Crippen LogP contribution is -2.39. The van der Waals surface area contributed by atoms with Gasteiger partial charge in [-0.1, -0.05) is 58.4 Å². The number of carbonyl (C=O) groups excluding carboxylic acids is 1. The highest BCUT2D eigenvalue weighted by Crippen LogP contribution is 2.27. The van der Waals surface area contributed by atoms with E-state index in [4.69, 9.17) is 0 Å². The molecule has 1 amide bonds. The average molecular weight is 594 g/mol. The number of amides is 1. The summed E-state index contributed by atoms with van der Waals surface area (Å²) in [6, 6.07) is 23.0. The molecule has 1 aromatic heterocycles. The van der Waals surface area contributed by atoms with Crippen molar-refractivity contribution < 1.29 is 13.2 Å².